The first kappa shape index (κ1) is 19.6. The molecule has 3 aromatic rings. The maximum Gasteiger partial charge on any atom is 0.265 e. The number of ether oxygens (including phenoxy) is 3. The second-order valence-electron chi connectivity index (χ2n) is 6.59. The predicted octanol–water partition coefficient (Wildman–Crippen LogP) is 5.09. The lowest BCUT2D eigenvalue weighted by molar-refractivity contribution is -0.120. The van der Waals surface area contributed by atoms with Crippen molar-refractivity contribution < 1.29 is 19.0 Å². The van der Waals surface area contributed by atoms with Gasteiger partial charge in [-0.05, 0) is 54.3 Å². The molecule has 1 aromatic heterocycles. The summed E-state index contributed by atoms with van der Waals surface area (Å²) in [5, 5.41) is 2.66. The zero-order valence-corrected chi connectivity index (χ0v) is 17.5. The molecular weight excluding hydrogens is 410 g/mol. The van der Waals surface area contributed by atoms with Crippen molar-refractivity contribution in [2.24, 2.45) is 0 Å². The number of benzene rings is 2. The van der Waals surface area contributed by atoms with E-state index in [0.717, 1.165) is 16.1 Å². The molecular formula is C22H20ClNO4S. The van der Waals surface area contributed by atoms with Crippen molar-refractivity contribution in [1.82, 2.24) is 0 Å². The Morgan fingerprint density at radius 2 is 1.97 bits per heavy atom. The first-order chi connectivity index (χ1) is 14.1. The van der Waals surface area contributed by atoms with Crippen molar-refractivity contribution >= 4 is 34.5 Å². The van der Waals surface area contributed by atoms with Crippen LogP contribution >= 0.6 is 22.9 Å². The molecule has 1 aliphatic rings. The third kappa shape index (κ3) is 4.66. The molecule has 5 nitrogen and oxygen atoms in total. The van der Waals surface area contributed by atoms with Gasteiger partial charge in [-0.1, -0.05) is 17.7 Å². The lowest BCUT2D eigenvalue weighted by Gasteiger charge is -2.25. The molecule has 0 spiro atoms. The van der Waals surface area contributed by atoms with E-state index < -0.39 is 0 Å². The van der Waals surface area contributed by atoms with E-state index in [4.69, 9.17) is 25.8 Å². The first-order valence-electron chi connectivity index (χ1n) is 9.21. The van der Waals surface area contributed by atoms with Crippen LogP contribution in [0.15, 0.2) is 53.9 Å². The highest BCUT2D eigenvalue weighted by molar-refractivity contribution is 7.09. The van der Waals surface area contributed by atoms with E-state index in [-0.39, 0.29) is 12.5 Å². The molecule has 4 rings (SSSR count). The van der Waals surface area contributed by atoms with Crippen LogP contribution in [0.25, 0.3) is 0 Å². The first-order valence-corrected chi connectivity index (χ1v) is 10.5. The highest BCUT2D eigenvalue weighted by Gasteiger charge is 2.21. The quantitative estimate of drug-likeness (QED) is 0.547. The number of carbonyl (C=O) groups is 1. The van der Waals surface area contributed by atoms with Crippen LogP contribution in [-0.4, -0.2) is 25.7 Å². The fraction of sp³-hybridized carbons (Fsp3) is 0.227. The molecule has 2 heterocycles. The van der Waals surface area contributed by atoms with Gasteiger partial charge in [-0.25, -0.2) is 0 Å². The van der Waals surface area contributed by atoms with Crippen LogP contribution in [0.4, 0.5) is 5.69 Å². The lowest BCUT2D eigenvalue weighted by atomic mass is 10.2. The molecule has 0 N–H and O–H groups in total. The van der Waals surface area contributed by atoms with E-state index in [1.807, 2.05) is 48.7 Å². The monoisotopic (exact) mass is 429 g/mol. The van der Waals surface area contributed by atoms with Crippen molar-refractivity contribution in [1.29, 1.82) is 0 Å². The fourth-order valence-electron chi connectivity index (χ4n) is 3.01. The molecule has 150 valence electrons. The van der Waals surface area contributed by atoms with E-state index >= 15 is 0 Å². The van der Waals surface area contributed by atoms with Crippen LogP contribution in [0, 0.1) is 6.92 Å². The summed E-state index contributed by atoms with van der Waals surface area (Å²) in [6.45, 7) is 3.29. The standard InChI is InChI=1S/C22H20ClNO4S/c1-15-11-17(5-6-19(15)23)28-14-22(25)24(13-18-3-2-10-29-18)16-4-7-20-21(12-16)27-9-8-26-20/h2-7,10-12H,8-9,13-14H2,1H3. The average molecular weight is 430 g/mol. The Bertz CT molecular complexity index is 1010. The van der Waals surface area contributed by atoms with Crippen LogP contribution in [0.2, 0.25) is 5.02 Å². The van der Waals surface area contributed by atoms with Crippen LogP contribution in [0.1, 0.15) is 10.4 Å². The number of amides is 1. The number of carbonyl (C=O) groups excluding carboxylic acids is 1. The number of rotatable bonds is 6. The second-order valence-corrected chi connectivity index (χ2v) is 8.03. The number of fused-ring (bicyclic) bond motifs is 1. The summed E-state index contributed by atoms with van der Waals surface area (Å²) in [4.78, 5) is 15.9. The summed E-state index contributed by atoms with van der Waals surface area (Å²) in [6, 6.07) is 14.9. The summed E-state index contributed by atoms with van der Waals surface area (Å²) in [5.41, 5.74) is 1.64. The van der Waals surface area contributed by atoms with Gasteiger partial charge in [0.25, 0.3) is 5.91 Å². The number of hydrogen-bond donors (Lipinski definition) is 0. The van der Waals surface area contributed by atoms with Crippen LogP contribution < -0.4 is 19.1 Å². The molecule has 7 heteroatoms. The van der Waals surface area contributed by atoms with Crippen LogP contribution in [0.3, 0.4) is 0 Å². The van der Waals surface area contributed by atoms with Gasteiger partial charge in [0, 0.05) is 21.7 Å². The molecule has 0 saturated heterocycles. The molecule has 1 amide bonds. The van der Waals surface area contributed by atoms with Gasteiger partial charge >= 0.3 is 0 Å². The van der Waals surface area contributed by atoms with Gasteiger partial charge in [-0.15, -0.1) is 11.3 Å². The highest BCUT2D eigenvalue weighted by atomic mass is 35.5. The number of hydrogen-bond acceptors (Lipinski definition) is 5. The maximum absolute atomic E-state index is 13.1. The van der Waals surface area contributed by atoms with E-state index in [9.17, 15) is 4.79 Å². The number of halogens is 1. The number of aryl methyl sites for hydroxylation is 1. The Morgan fingerprint density at radius 3 is 2.72 bits per heavy atom. The largest absolute Gasteiger partial charge is 0.486 e. The molecule has 0 aliphatic carbocycles. The van der Waals surface area contributed by atoms with Gasteiger partial charge in [0.05, 0.1) is 6.54 Å². The molecule has 0 unspecified atom stereocenters. The molecule has 0 bridgehead atoms. The van der Waals surface area contributed by atoms with Gasteiger partial charge in [0.15, 0.2) is 18.1 Å². The third-order valence-corrected chi connectivity index (χ3v) is 5.81. The normalized spacial score (nSPS) is 12.5. The molecule has 1 aliphatic heterocycles. The highest BCUT2D eigenvalue weighted by Crippen LogP contribution is 2.35. The van der Waals surface area contributed by atoms with Gasteiger partial charge < -0.3 is 19.1 Å². The zero-order chi connectivity index (χ0) is 20.2. The van der Waals surface area contributed by atoms with E-state index in [0.29, 0.717) is 42.0 Å². The Hall–Kier alpha value is -2.70. The van der Waals surface area contributed by atoms with Gasteiger partial charge in [0.1, 0.15) is 19.0 Å². The number of nitrogens with zero attached hydrogens (tertiary/aromatic N) is 1. The summed E-state index contributed by atoms with van der Waals surface area (Å²) in [6.07, 6.45) is 0. The third-order valence-electron chi connectivity index (χ3n) is 4.52. The Morgan fingerprint density at radius 1 is 1.14 bits per heavy atom. The Balaban J connectivity index is 1.54. The van der Waals surface area contributed by atoms with E-state index in [1.165, 1.54) is 0 Å². The minimum absolute atomic E-state index is 0.0825. The molecule has 0 atom stereocenters. The second kappa shape index (κ2) is 8.76. The Labute approximate surface area is 178 Å². The smallest absolute Gasteiger partial charge is 0.265 e. The number of thiophene rings is 1. The summed E-state index contributed by atoms with van der Waals surface area (Å²) >= 11 is 7.66. The van der Waals surface area contributed by atoms with Crippen LogP contribution in [0.5, 0.6) is 17.2 Å². The van der Waals surface area contributed by atoms with Crippen LogP contribution in [-0.2, 0) is 11.3 Å². The SMILES string of the molecule is Cc1cc(OCC(=O)N(Cc2cccs2)c2ccc3c(c2)OCCO3)ccc1Cl. The minimum Gasteiger partial charge on any atom is -0.486 e. The predicted molar refractivity (Wildman–Crippen MR) is 115 cm³/mol. The average Bonchev–Trinajstić information content (AvgIpc) is 3.25. The molecule has 0 radical (unpaired) electrons. The van der Waals surface area contributed by atoms with Gasteiger partial charge in [-0.2, -0.15) is 0 Å². The Kier molecular flexibility index (Phi) is 5.92. The number of anilines is 1. The van der Waals surface area contributed by atoms with Crippen molar-refractivity contribution in [2.75, 3.05) is 24.7 Å². The molecule has 0 fully saturated rings. The van der Waals surface area contributed by atoms with Crippen molar-refractivity contribution in [3.05, 3.63) is 69.4 Å². The minimum atomic E-state index is -0.150. The summed E-state index contributed by atoms with van der Waals surface area (Å²) < 4.78 is 17.0. The van der Waals surface area contributed by atoms with E-state index in [1.54, 1.807) is 28.4 Å². The molecule has 0 saturated carbocycles. The lowest BCUT2D eigenvalue weighted by Crippen LogP contribution is -2.34. The van der Waals surface area contributed by atoms with Gasteiger partial charge in [-0.3, -0.25) is 4.79 Å². The topological polar surface area (TPSA) is 48.0 Å². The summed E-state index contributed by atoms with van der Waals surface area (Å²) in [7, 11) is 0. The van der Waals surface area contributed by atoms with Crippen molar-refractivity contribution in [3.63, 3.8) is 0 Å². The molecule has 2 aromatic carbocycles. The van der Waals surface area contributed by atoms with Crippen molar-refractivity contribution in [2.45, 2.75) is 13.5 Å². The summed E-state index contributed by atoms with van der Waals surface area (Å²) in [5.74, 6) is 1.80. The van der Waals surface area contributed by atoms with E-state index in [2.05, 4.69) is 0 Å². The molecule has 29 heavy (non-hydrogen) atoms. The zero-order valence-electron chi connectivity index (χ0n) is 15.9. The fourth-order valence-corrected chi connectivity index (χ4v) is 3.82. The maximum atomic E-state index is 13.1. The van der Waals surface area contributed by atoms with Crippen molar-refractivity contribution in [3.8, 4) is 17.2 Å². The van der Waals surface area contributed by atoms with Gasteiger partial charge in [0.2, 0.25) is 0 Å².